The predicted octanol–water partition coefficient (Wildman–Crippen LogP) is 1.56. The first-order valence-electron chi connectivity index (χ1n) is 4.37. The van der Waals surface area contributed by atoms with Crippen LogP contribution in [0, 0.1) is 5.92 Å². The Labute approximate surface area is 73.6 Å². The van der Waals surface area contributed by atoms with Crippen LogP contribution in [0.2, 0.25) is 0 Å². The molecule has 0 fully saturated rings. The van der Waals surface area contributed by atoms with Crippen molar-refractivity contribution in [2.75, 3.05) is 0 Å². The number of rotatable bonds is 3. The Morgan fingerprint density at radius 1 is 1.50 bits per heavy atom. The minimum Gasteiger partial charge on any atom is -0.324 e. The van der Waals surface area contributed by atoms with Crippen LogP contribution in [-0.2, 0) is 6.54 Å². The second-order valence-corrected chi connectivity index (χ2v) is 3.68. The lowest BCUT2D eigenvalue weighted by molar-refractivity contribution is 0.482. The van der Waals surface area contributed by atoms with Crippen LogP contribution in [0.1, 0.15) is 32.4 Å². The van der Waals surface area contributed by atoms with E-state index in [0.717, 1.165) is 12.1 Å². The van der Waals surface area contributed by atoms with Gasteiger partial charge in [-0.1, -0.05) is 13.8 Å². The first-order chi connectivity index (χ1) is 5.59. The predicted molar refractivity (Wildman–Crippen MR) is 49.7 cm³/mol. The topological polar surface area (TPSA) is 43.8 Å². The molecule has 0 saturated heterocycles. The van der Waals surface area contributed by atoms with Gasteiger partial charge in [0, 0.05) is 24.3 Å². The van der Waals surface area contributed by atoms with Crippen molar-refractivity contribution in [3.05, 3.63) is 18.0 Å². The Balaban J connectivity index is 2.64. The minimum absolute atomic E-state index is 0.0888. The molecule has 0 bridgehead atoms. The van der Waals surface area contributed by atoms with Crippen LogP contribution in [0.15, 0.2) is 12.4 Å². The quantitative estimate of drug-likeness (QED) is 0.742. The highest BCUT2D eigenvalue weighted by atomic mass is 15.3. The molecule has 0 aliphatic carbocycles. The van der Waals surface area contributed by atoms with Crippen LogP contribution < -0.4 is 5.73 Å². The molecule has 68 valence electrons. The fourth-order valence-electron chi connectivity index (χ4n) is 1.09. The van der Waals surface area contributed by atoms with Crippen LogP contribution in [0.5, 0.6) is 0 Å². The van der Waals surface area contributed by atoms with Gasteiger partial charge in [-0.05, 0) is 12.8 Å². The summed E-state index contributed by atoms with van der Waals surface area (Å²) in [5, 5.41) is 4.21. The number of hydrogen-bond acceptors (Lipinski definition) is 2. The van der Waals surface area contributed by atoms with E-state index in [4.69, 9.17) is 5.73 Å². The molecule has 0 saturated carbocycles. The zero-order valence-corrected chi connectivity index (χ0v) is 7.99. The molecule has 0 aromatic carbocycles. The third-order valence-corrected chi connectivity index (χ3v) is 1.73. The molecule has 0 aliphatic heterocycles. The molecule has 12 heavy (non-hydrogen) atoms. The summed E-state index contributed by atoms with van der Waals surface area (Å²) < 4.78 is 1.95. The summed E-state index contributed by atoms with van der Waals surface area (Å²) in [6.45, 7) is 7.28. The van der Waals surface area contributed by atoms with Gasteiger partial charge < -0.3 is 5.73 Å². The maximum absolute atomic E-state index is 5.70. The van der Waals surface area contributed by atoms with E-state index in [-0.39, 0.29) is 6.04 Å². The second-order valence-electron chi connectivity index (χ2n) is 3.68. The van der Waals surface area contributed by atoms with Crippen molar-refractivity contribution in [2.24, 2.45) is 11.7 Å². The van der Waals surface area contributed by atoms with Crippen LogP contribution >= 0.6 is 0 Å². The number of nitrogens with zero attached hydrogens (tertiary/aromatic N) is 2. The lowest BCUT2D eigenvalue weighted by atomic mass is 10.2. The zero-order valence-electron chi connectivity index (χ0n) is 7.99. The highest BCUT2D eigenvalue weighted by Crippen LogP contribution is 2.08. The molecule has 0 amide bonds. The standard InChI is InChI=1S/C9H17N3/c1-7(2)5-12-6-9(4-11-12)8(3)10/h4,6-8H,5,10H2,1-3H3/t8-/m1/s1. The smallest absolute Gasteiger partial charge is 0.0537 e. The molecule has 1 aromatic rings. The van der Waals surface area contributed by atoms with E-state index in [1.165, 1.54) is 0 Å². The molecule has 0 spiro atoms. The number of aromatic nitrogens is 2. The van der Waals surface area contributed by atoms with E-state index in [0.29, 0.717) is 5.92 Å². The fourth-order valence-corrected chi connectivity index (χ4v) is 1.09. The summed E-state index contributed by atoms with van der Waals surface area (Å²) in [4.78, 5) is 0. The Morgan fingerprint density at radius 3 is 2.58 bits per heavy atom. The van der Waals surface area contributed by atoms with E-state index in [2.05, 4.69) is 18.9 Å². The molecule has 3 nitrogen and oxygen atoms in total. The van der Waals surface area contributed by atoms with Crippen molar-refractivity contribution < 1.29 is 0 Å². The minimum atomic E-state index is 0.0888. The molecule has 1 heterocycles. The lowest BCUT2D eigenvalue weighted by Gasteiger charge is -2.03. The van der Waals surface area contributed by atoms with E-state index in [1.807, 2.05) is 24.0 Å². The van der Waals surface area contributed by atoms with Gasteiger partial charge in [0.15, 0.2) is 0 Å². The zero-order chi connectivity index (χ0) is 9.14. The van der Waals surface area contributed by atoms with Crippen molar-refractivity contribution in [3.8, 4) is 0 Å². The van der Waals surface area contributed by atoms with E-state index >= 15 is 0 Å². The average molecular weight is 167 g/mol. The van der Waals surface area contributed by atoms with Crippen molar-refractivity contribution in [2.45, 2.75) is 33.4 Å². The van der Waals surface area contributed by atoms with Crippen molar-refractivity contribution in [1.29, 1.82) is 0 Å². The summed E-state index contributed by atoms with van der Waals surface area (Å²) in [7, 11) is 0. The third-order valence-electron chi connectivity index (χ3n) is 1.73. The molecule has 0 radical (unpaired) electrons. The van der Waals surface area contributed by atoms with Crippen LogP contribution in [0.3, 0.4) is 0 Å². The molecule has 0 aliphatic rings. The molecule has 1 atom stereocenters. The van der Waals surface area contributed by atoms with Gasteiger partial charge in [0.2, 0.25) is 0 Å². The molecule has 1 aromatic heterocycles. The first kappa shape index (κ1) is 9.26. The van der Waals surface area contributed by atoms with Gasteiger partial charge in [0.1, 0.15) is 0 Å². The summed E-state index contributed by atoms with van der Waals surface area (Å²) in [5.74, 6) is 0.630. The normalized spacial score (nSPS) is 13.8. The summed E-state index contributed by atoms with van der Waals surface area (Å²) >= 11 is 0. The highest BCUT2D eigenvalue weighted by molar-refractivity contribution is 5.08. The van der Waals surface area contributed by atoms with Crippen LogP contribution in [0.4, 0.5) is 0 Å². The Kier molecular flexibility index (Phi) is 2.87. The van der Waals surface area contributed by atoms with Gasteiger partial charge in [0.05, 0.1) is 6.20 Å². The average Bonchev–Trinajstić information content (AvgIpc) is 2.34. The monoisotopic (exact) mass is 167 g/mol. The van der Waals surface area contributed by atoms with Crippen molar-refractivity contribution >= 4 is 0 Å². The summed E-state index contributed by atoms with van der Waals surface area (Å²) in [5.41, 5.74) is 6.81. The SMILES string of the molecule is CC(C)Cn1cc([C@@H](C)N)cn1. The van der Waals surface area contributed by atoms with E-state index < -0.39 is 0 Å². The maximum atomic E-state index is 5.70. The molecule has 0 unspecified atom stereocenters. The first-order valence-corrected chi connectivity index (χ1v) is 4.37. The number of hydrogen-bond donors (Lipinski definition) is 1. The van der Waals surface area contributed by atoms with Crippen LogP contribution in [0.25, 0.3) is 0 Å². The highest BCUT2D eigenvalue weighted by Gasteiger charge is 2.03. The molecule has 1 rings (SSSR count). The molecular formula is C9H17N3. The van der Waals surface area contributed by atoms with E-state index in [1.54, 1.807) is 0 Å². The Bertz CT molecular complexity index is 238. The molecule has 3 heteroatoms. The molecular weight excluding hydrogens is 150 g/mol. The van der Waals surface area contributed by atoms with Gasteiger partial charge in [-0.2, -0.15) is 5.10 Å². The molecule has 2 N–H and O–H groups in total. The van der Waals surface area contributed by atoms with Gasteiger partial charge in [-0.15, -0.1) is 0 Å². The van der Waals surface area contributed by atoms with Gasteiger partial charge in [-0.25, -0.2) is 0 Å². The fraction of sp³-hybridized carbons (Fsp3) is 0.667. The Morgan fingerprint density at radius 2 is 2.17 bits per heavy atom. The van der Waals surface area contributed by atoms with Gasteiger partial charge in [0.25, 0.3) is 0 Å². The van der Waals surface area contributed by atoms with Crippen molar-refractivity contribution in [1.82, 2.24) is 9.78 Å². The summed E-state index contributed by atoms with van der Waals surface area (Å²) in [6.07, 6.45) is 3.86. The largest absolute Gasteiger partial charge is 0.324 e. The van der Waals surface area contributed by atoms with Crippen molar-refractivity contribution in [3.63, 3.8) is 0 Å². The van der Waals surface area contributed by atoms with E-state index in [9.17, 15) is 0 Å². The second kappa shape index (κ2) is 3.72. The number of nitrogens with two attached hydrogens (primary N) is 1. The van der Waals surface area contributed by atoms with Gasteiger partial charge >= 0.3 is 0 Å². The lowest BCUT2D eigenvalue weighted by Crippen LogP contribution is -2.05. The van der Waals surface area contributed by atoms with Crippen LogP contribution in [-0.4, -0.2) is 9.78 Å². The maximum Gasteiger partial charge on any atom is 0.0537 e. The third kappa shape index (κ3) is 2.34. The Hall–Kier alpha value is -0.830. The van der Waals surface area contributed by atoms with Gasteiger partial charge in [-0.3, -0.25) is 4.68 Å². The summed E-state index contributed by atoms with van der Waals surface area (Å²) in [6, 6.07) is 0.0888.